The monoisotopic (exact) mass is 581 g/mol. The predicted octanol–water partition coefficient (Wildman–Crippen LogP) is 8.88. The zero-order valence-electron chi connectivity index (χ0n) is 25.2. The van der Waals surface area contributed by atoms with Crippen LogP contribution in [-0.2, 0) is 0 Å². The highest BCUT2D eigenvalue weighted by molar-refractivity contribution is 6.15. The van der Waals surface area contributed by atoms with Crippen LogP contribution in [0.4, 0.5) is 0 Å². The maximum atomic E-state index is 5.45. The van der Waals surface area contributed by atoms with Gasteiger partial charge in [-0.25, -0.2) is 0 Å². The van der Waals surface area contributed by atoms with Crippen LogP contribution < -0.4 is 5.32 Å². The molecule has 2 aliphatic heterocycles. The number of dihydropyridines is 1. The zero-order valence-corrected chi connectivity index (χ0v) is 25.2. The maximum Gasteiger partial charge on any atom is 0.128 e. The van der Waals surface area contributed by atoms with Crippen molar-refractivity contribution in [3.05, 3.63) is 179 Å². The Morgan fingerprint density at radius 1 is 0.822 bits per heavy atom. The normalized spacial score (nSPS) is 27.3. The largest absolute Gasteiger partial charge is 0.361 e. The maximum absolute atomic E-state index is 5.45. The van der Waals surface area contributed by atoms with Gasteiger partial charge in [-0.15, -0.1) is 0 Å². The molecule has 1 N–H and O–H groups in total. The van der Waals surface area contributed by atoms with Gasteiger partial charge in [-0.2, -0.15) is 0 Å². The van der Waals surface area contributed by atoms with Crippen LogP contribution in [-0.4, -0.2) is 23.6 Å². The number of amidine groups is 1. The van der Waals surface area contributed by atoms with Gasteiger partial charge in [-0.1, -0.05) is 127 Å². The van der Waals surface area contributed by atoms with Gasteiger partial charge in [0.1, 0.15) is 5.84 Å². The van der Waals surface area contributed by atoms with E-state index in [2.05, 4.69) is 145 Å². The van der Waals surface area contributed by atoms with Gasteiger partial charge in [0.2, 0.25) is 0 Å². The van der Waals surface area contributed by atoms with E-state index in [1.54, 1.807) is 0 Å². The minimum Gasteiger partial charge on any atom is -0.361 e. The molecule has 45 heavy (non-hydrogen) atoms. The van der Waals surface area contributed by atoms with Gasteiger partial charge < -0.3 is 5.32 Å². The Kier molecular flexibility index (Phi) is 6.36. The number of benzene rings is 3. The highest BCUT2D eigenvalue weighted by atomic mass is 15.1. The Morgan fingerprint density at radius 2 is 1.69 bits per heavy atom. The lowest BCUT2D eigenvalue weighted by molar-refractivity contribution is 0.417. The smallest absolute Gasteiger partial charge is 0.128 e. The van der Waals surface area contributed by atoms with Gasteiger partial charge in [-0.05, 0) is 75.9 Å². The van der Waals surface area contributed by atoms with Crippen LogP contribution in [0, 0.1) is 5.92 Å². The first-order valence-corrected chi connectivity index (χ1v) is 16.3. The standard InChI is InChI=1S/C42H35N3/c1-2-12-27(13-3-1)36-26-37(28-14-4-5-15-28)43-38-25-35(33-22-8-9-23-34(33)39(36)38)31-20-11-21-32(24-31)41-40(29-18-10-19-29)44-42(45-41)30-16-6-7-17-30/h1-6,8-14,16-18,20-26,29,38-41H,7,15,19H2,(H,44,45). The van der Waals surface area contributed by atoms with E-state index in [-0.39, 0.29) is 24.0 Å². The number of hydrogen-bond donors (Lipinski definition) is 1. The van der Waals surface area contributed by atoms with Crippen LogP contribution in [0.1, 0.15) is 59.0 Å². The van der Waals surface area contributed by atoms with E-state index >= 15 is 0 Å². The van der Waals surface area contributed by atoms with Crippen molar-refractivity contribution in [2.75, 3.05) is 0 Å². The Labute approximate surface area is 265 Å². The van der Waals surface area contributed by atoms with E-state index < -0.39 is 0 Å². The second kappa shape index (κ2) is 10.9. The first-order valence-electron chi connectivity index (χ1n) is 16.3. The fourth-order valence-electron chi connectivity index (χ4n) is 7.77. The third-order valence-electron chi connectivity index (χ3n) is 10.1. The van der Waals surface area contributed by atoms with Crippen LogP contribution in [0.3, 0.4) is 0 Å². The molecule has 0 amide bonds. The van der Waals surface area contributed by atoms with Crippen molar-refractivity contribution in [2.45, 2.75) is 43.3 Å². The molecule has 9 rings (SSSR count). The van der Waals surface area contributed by atoms with Gasteiger partial charge in [0, 0.05) is 17.4 Å². The molecule has 0 bridgehead atoms. The van der Waals surface area contributed by atoms with Crippen LogP contribution in [0.15, 0.2) is 161 Å². The van der Waals surface area contributed by atoms with Gasteiger partial charge in [0.05, 0.1) is 23.8 Å². The molecule has 3 heteroatoms. The summed E-state index contributed by atoms with van der Waals surface area (Å²) in [5.74, 6) is 1.68. The minimum atomic E-state index is 0.0174. The molecule has 5 unspecified atom stereocenters. The van der Waals surface area contributed by atoms with Crippen LogP contribution in [0.5, 0.6) is 0 Å². The number of allylic oxidation sites excluding steroid dienone is 8. The lowest BCUT2D eigenvalue weighted by Gasteiger charge is -2.36. The van der Waals surface area contributed by atoms with E-state index in [9.17, 15) is 0 Å². The molecular formula is C42H35N3. The molecule has 0 saturated carbocycles. The number of aliphatic imine (C=N–C) groups is 2. The first kappa shape index (κ1) is 26.4. The van der Waals surface area contributed by atoms with Crippen molar-refractivity contribution in [3.63, 3.8) is 0 Å². The third-order valence-corrected chi connectivity index (χ3v) is 10.1. The summed E-state index contributed by atoms with van der Waals surface area (Å²) in [4.78, 5) is 10.7. The summed E-state index contributed by atoms with van der Waals surface area (Å²) < 4.78 is 0. The Bertz CT molecular complexity index is 1980. The molecule has 2 heterocycles. The molecule has 4 aliphatic carbocycles. The number of hydrogen-bond acceptors (Lipinski definition) is 3. The Hall–Kier alpha value is -5.02. The molecule has 218 valence electrons. The fraction of sp³-hybridized carbons (Fsp3) is 0.190. The summed E-state index contributed by atoms with van der Waals surface area (Å²) in [7, 11) is 0. The molecular weight excluding hydrogens is 546 g/mol. The topological polar surface area (TPSA) is 36.8 Å². The number of rotatable bonds is 6. The van der Waals surface area contributed by atoms with Gasteiger partial charge in [0.25, 0.3) is 0 Å². The average molecular weight is 582 g/mol. The second-order valence-electron chi connectivity index (χ2n) is 12.8. The highest BCUT2D eigenvalue weighted by Crippen LogP contribution is 2.48. The van der Waals surface area contributed by atoms with Crippen molar-refractivity contribution in [3.8, 4) is 0 Å². The van der Waals surface area contributed by atoms with Crippen LogP contribution in [0.25, 0.3) is 11.1 Å². The SMILES string of the molecule is C1=CCC(C2=NC3C=C(c4cccc(C5NC(C6=CCC=C6)=NC5C5C=CC5)c4)c4ccccc4C3C(c3ccccc3)=C2)=C1. The van der Waals surface area contributed by atoms with Crippen molar-refractivity contribution >= 4 is 22.7 Å². The average Bonchev–Trinajstić information content (AvgIpc) is 3.87. The Morgan fingerprint density at radius 3 is 2.49 bits per heavy atom. The lowest BCUT2D eigenvalue weighted by atomic mass is 9.71. The minimum absolute atomic E-state index is 0.0174. The molecule has 0 radical (unpaired) electrons. The van der Waals surface area contributed by atoms with Gasteiger partial charge in [0.15, 0.2) is 0 Å². The van der Waals surface area contributed by atoms with Crippen molar-refractivity contribution < 1.29 is 0 Å². The first-order chi connectivity index (χ1) is 22.3. The van der Waals surface area contributed by atoms with Crippen molar-refractivity contribution in [1.82, 2.24) is 5.32 Å². The molecule has 3 aromatic carbocycles. The molecule has 0 fully saturated rings. The van der Waals surface area contributed by atoms with E-state index in [4.69, 9.17) is 9.98 Å². The predicted molar refractivity (Wildman–Crippen MR) is 186 cm³/mol. The summed E-state index contributed by atoms with van der Waals surface area (Å²) in [5, 5.41) is 3.84. The molecule has 0 aromatic heterocycles. The van der Waals surface area contributed by atoms with E-state index in [0.717, 1.165) is 30.8 Å². The van der Waals surface area contributed by atoms with Crippen molar-refractivity contribution in [1.29, 1.82) is 0 Å². The molecule has 3 aromatic rings. The molecule has 6 aliphatic rings. The quantitative estimate of drug-likeness (QED) is 0.290. The number of fused-ring (bicyclic) bond motifs is 3. The summed E-state index contributed by atoms with van der Waals surface area (Å²) >= 11 is 0. The Balaban J connectivity index is 1.13. The molecule has 0 spiro atoms. The zero-order chi connectivity index (χ0) is 29.7. The summed E-state index contributed by atoms with van der Waals surface area (Å²) in [6, 6.07) is 29.4. The number of nitrogens with one attached hydrogen (secondary N) is 1. The molecule has 0 saturated heterocycles. The van der Waals surface area contributed by atoms with Crippen LogP contribution >= 0.6 is 0 Å². The second-order valence-corrected chi connectivity index (χ2v) is 12.8. The van der Waals surface area contributed by atoms with E-state index in [0.29, 0.717) is 5.92 Å². The lowest BCUT2D eigenvalue weighted by Crippen LogP contribution is -2.32. The summed E-state index contributed by atoms with van der Waals surface area (Å²) in [6.07, 6.45) is 25.7. The summed E-state index contributed by atoms with van der Waals surface area (Å²) in [6.45, 7) is 0. The van der Waals surface area contributed by atoms with Gasteiger partial charge >= 0.3 is 0 Å². The fourth-order valence-corrected chi connectivity index (χ4v) is 7.77. The summed E-state index contributed by atoms with van der Waals surface area (Å²) in [5.41, 5.74) is 12.7. The third kappa shape index (κ3) is 4.57. The molecule has 3 nitrogen and oxygen atoms in total. The molecule has 5 atom stereocenters. The van der Waals surface area contributed by atoms with E-state index in [1.807, 2.05) is 0 Å². The van der Waals surface area contributed by atoms with Gasteiger partial charge in [-0.3, -0.25) is 9.98 Å². The highest BCUT2D eigenvalue weighted by Gasteiger charge is 2.39. The number of nitrogens with zero attached hydrogens (tertiary/aromatic N) is 2. The van der Waals surface area contributed by atoms with E-state index in [1.165, 1.54) is 50.1 Å². The van der Waals surface area contributed by atoms with Crippen molar-refractivity contribution in [2.24, 2.45) is 15.9 Å². The van der Waals surface area contributed by atoms with Crippen LogP contribution in [0.2, 0.25) is 0 Å².